The molecule has 0 saturated carbocycles. The predicted octanol–water partition coefficient (Wildman–Crippen LogP) is 2.00. The Morgan fingerprint density at radius 1 is 1.47 bits per heavy atom. The third kappa shape index (κ3) is 2.29. The van der Waals surface area contributed by atoms with E-state index in [1.54, 1.807) is 0 Å². The smallest absolute Gasteiger partial charge is 0.312 e. The van der Waals surface area contributed by atoms with Crippen molar-refractivity contribution in [1.29, 1.82) is 0 Å². The van der Waals surface area contributed by atoms with Crippen LogP contribution >= 0.6 is 0 Å². The minimum Gasteiger partial charge on any atom is -0.481 e. The highest BCUT2D eigenvalue weighted by molar-refractivity contribution is 5.75. The Labute approximate surface area is 97.0 Å². The van der Waals surface area contributed by atoms with Gasteiger partial charge in [0.2, 0.25) is 0 Å². The van der Waals surface area contributed by atoms with E-state index in [1.165, 1.54) is 0 Å². The van der Waals surface area contributed by atoms with E-state index in [0.29, 0.717) is 13.0 Å². The van der Waals surface area contributed by atoms with Gasteiger partial charge in [-0.3, -0.25) is 4.79 Å². The molecule has 1 atom stereocenters. The highest BCUT2D eigenvalue weighted by atomic mass is 19.1. The summed E-state index contributed by atoms with van der Waals surface area (Å²) in [5, 5.41) is 9.19. The first kappa shape index (κ1) is 12.0. The van der Waals surface area contributed by atoms with Crippen molar-refractivity contribution < 1.29 is 23.4 Å². The molecule has 1 heterocycles. The molecule has 0 aliphatic carbocycles. The van der Waals surface area contributed by atoms with Crippen LogP contribution in [0.3, 0.4) is 0 Å². The number of ether oxygens (including phenoxy) is 1. The zero-order valence-electron chi connectivity index (χ0n) is 9.08. The molecule has 5 heteroatoms. The maximum atomic E-state index is 13.5. The van der Waals surface area contributed by atoms with E-state index in [2.05, 4.69) is 0 Å². The summed E-state index contributed by atoms with van der Waals surface area (Å²) in [4.78, 5) is 11.2. The van der Waals surface area contributed by atoms with Crippen LogP contribution in [0.5, 0.6) is 0 Å². The number of halogens is 2. The zero-order chi connectivity index (χ0) is 12.5. The third-order valence-electron chi connectivity index (χ3n) is 3.09. The van der Waals surface area contributed by atoms with Crippen LogP contribution in [0.1, 0.15) is 12.0 Å². The van der Waals surface area contributed by atoms with E-state index >= 15 is 0 Å². The van der Waals surface area contributed by atoms with Gasteiger partial charge in [-0.1, -0.05) is 0 Å². The molecule has 0 aromatic heterocycles. The lowest BCUT2D eigenvalue weighted by Gasteiger charge is -2.22. The Morgan fingerprint density at radius 2 is 2.24 bits per heavy atom. The Kier molecular flexibility index (Phi) is 3.11. The zero-order valence-corrected chi connectivity index (χ0v) is 9.08. The minimum atomic E-state index is -1.13. The van der Waals surface area contributed by atoms with Crippen molar-refractivity contribution in [3.63, 3.8) is 0 Å². The minimum absolute atomic E-state index is 0.0400. The molecular weight excluding hydrogens is 230 g/mol. The van der Waals surface area contributed by atoms with Gasteiger partial charge in [0, 0.05) is 6.61 Å². The number of hydrogen-bond acceptors (Lipinski definition) is 2. The van der Waals surface area contributed by atoms with E-state index in [1.807, 2.05) is 0 Å². The molecule has 1 aromatic rings. The van der Waals surface area contributed by atoms with Gasteiger partial charge in [-0.15, -0.1) is 0 Å². The lowest BCUT2D eigenvalue weighted by atomic mass is 9.81. The Morgan fingerprint density at radius 3 is 2.82 bits per heavy atom. The Bertz CT molecular complexity index is 439. The van der Waals surface area contributed by atoms with E-state index < -0.39 is 23.0 Å². The first-order valence-corrected chi connectivity index (χ1v) is 5.29. The first-order chi connectivity index (χ1) is 8.03. The summed E-state index contributed by atoms with van der Waals surface area (Å²) in [6.45, 7) is 0.377. The maximum Gasteiger partial charge on any atom is 0.312 e. The largest absolute Gasteiger partial charge is 0.481 e. The summed E-state index contributed by atoms with van der Waals surface area (Å²) in [5.41, 5.74) is -1.05. The van der Waals surface area contributed by atoms with Gasteiger partial charge in [-0.25, -0.2) is 8.78 Å². The van der Waals surface area contributed by atoms with Crippen molar-refractivity contribution in [2.24, 2.45) is 5.41 Å². The molecule has 0 amide bonds. The summed E-state index contributed by atoms with van der Waals surface area (Å²) in [5.74, 6) is -2.18. The van der Waals surface area contributed by atoms with Crippen molar-refractivity contribution >= 4 is 5.97 Å². The molecule has 1 aliphatic rings. The van der Waals surface area contributed by atoms with Crippen molar-refractivity contribution in [3.05, 3.63) is 35.4 Å². The number of carboxylic acid groups (broad SMARTS) is 1. The SMILES string of the molecule is O=C(O)C1(Cc2cc(F)ccc2F)CCOC1. The average molecular weight is 242 g/mol. The van der Waals surface area contributed by atoms with Crippen molar-refractivity contribution in [3.8, 4) is 0 Å². The van der Waals surface area contributed by atoms with Crippen LogP contribution in [0.25, 0.3) is 0 Å². The summed E-state index contributed by atoms with van der Waals surface area (Å²) >= 11 is 0. The first-order valence-electron chi connectivity index (χ1n) is 5.29. The van der Waals surface area contributed by atoms with Crippen LogP contribution in [-0.4, -0.2) is 24.3 Å². The second kappa shape index (κ2) is 4.41. The molecular formula is C12H12F2O3. The molecule has 1 fully saturated rings. The molecule has 3 nitrogen and oxygen atoms in total. The highest BCUT2D eigenvalue weighted by Crippen LogP contribution is 2.33. The summed E-state index contributed by atoms with van der Waals surface area (Å²) in [7, 11) is 0. The van der Waals surface area contributed by atoms with E-state index in [-0.39, 0.29) is 18.6 Å². The van der Waals surface area contributed by atoms with Crippen molar-refractivity contribution in [2.45, 2.75) is 12.8 Å². The fourth-order valence-electron chi connectivity index (χ4n) is 2.03. The lowest BCUT2D eigenvalue weighted by molar-refractivity contribution is -0.148. The molecule has 1 aromatic carbocycles. The maximum absolute atomic E-state index is 13.5. The molecule has 0 spiro atoms. The molecule has 92 valence electrons. The van der Waals surface area contributed by atoms with Gasteiger partial charge in [0.25, 0.3) is 0 Å². The molecule has 17 heavy (non-hydrogen) atoms. The fourth-order valence-corrected chi connectivity index (χ4v) is 2.03. The number of benzene rings is 1. The normalized spacial score (nSPS) is 23.9. The summed E-state index contributed by atoms with van der Waals surface area (Å²) in [6, 6.07) is 3.06. The van der Waals surface area contributed by atoms with Crippen molar-refractivity contribution in [1.82, 2.24) is 0 Å². The number of carboxylic acids is 1. The van der Waals surface area contributed by atoms with E-state index in [0.717, 1.165) is 18.2 Å². The second-order valence-corrected chi connectivity index (χ2v) is 4.30. The molecule has 1 saturated heterocycles. The molecule has 1 N–H and O–H groups in total. The Balaban J connectivity index is 2.29. The third-order valence-corrected chi connectivity index (χ3v) is 3.09. The van der Waals surface area contributed by atoms with Gasteiger partial charge in [0.05, 0.1) is 12.0 Å². The molecule has 1 aliphatic heterocycles. The van der Waals surface area contributed by atoms with Gasteiger partial charge < -0.3 is 9.84 Å². The molecule has 2 rings (SSSR count). The van der Waals surface area contributed by atoms with Gasteiger partial charge in [-0.2, -0.15) is 0 Å². The Hall–Kier alpha value is -1.49. The van der Waals surface area contributed by atoms with Gasteiger partial charge in [0.1, 0.15) is 11.6 Å². The van der Waals surface area contributed by atoms with Crippen LogP contribution in [0, 0.1) is 17.0 Å². The number of aliphatic carboxylic acids is 1. The number of rotatable bonds is 3. The number of hydrogen-bond donors (Lipinski definition) is 1. The van der Waals surface area contributed by atoms with Crippen LogP contribution in [0.2, 0.25) is 0 Å². The van der Waals surface area contributed by atoms with Crippen LogP contribution in [0.4, 0.5) is 8.78 Å². The fraction of sp³-hybridized carbons (Fsp3) is 0.417. The topological polar surface area (TPSA) is 46.5 Å². The second-order valence-electron chi connectivity index (χ2n) is 4.30. The van der Waals surface area contributed by atoms with E-state index in [4.69, 9.17) is 4.74 Å². The summed E-state index contributed by atoms with van der Waals surface area (Å²) < 4.78 is 31.5. The standard InChI is InChI=1S/C12H12F2O3/c13-9-1-2-10(14)8(5-9)6-12(11(15)16)3-4-17-7-12/h1-2,5H,3-4,6-7H2,(H,15,16). The van der Waals surface area contributed by atoms with Gasteiger partial charge >= 0.3 is 5.97 Å². The quantitative estimate of drug-likeness (QED) is 0.881. The average Bonchev–Trinajstić information content (AvgIpc) is 2.73. The number of carbonyl (C=O) groups is 1. The van der Waals surface area contributed by atoms with E-state index in [9.17, 15) is 18.7 Å². The van der Waals surface area contributed by atoms with Crippen molar-refractivity contribution in [2.75, 3.05) is 13.2 Å². The van der Waals surface area contributed by atoms with Gasteiger partial charge in [0.15, 0.2) is 0 Å². The lowest BCUT2D eigenvalue weighted by Crippen LogP contribution is -2.34. The monoisotopic (exact) mass is 242 g/mol. The van der Waals surface area contributed by atoms with Gasteiger partial charge in [-0.05, 0) is 36.6 Å². The van der Waals surface area contributed by atoms with Crippen LogP contribution in [0.15, 0.2) is 18.2 Å². The van der Waals surface area contributed by atoms with Crippen LogP contribution < -0.4 is 0 Å². The van der Waals surface area contributed by atoms with Crippen LogP contribution in [-0.2, 0) is 16.0 Å². The highest BCUT2D eigenvalue weighted by Gasteiger charge is 2.43. The molecule has 0 radical (unpaired) electrons. The predicted molar refractivity (Wildman–Crippen MR) is 55.6 cm³/mol. The molecule has 1 unspecified atom stereocenters. The molecule has 0 bridgehead atoms. The summed E-state index contributed by atoms with van der Waals surface area (Å²) in [6.07, 6.45) is 0.268.